The zero-order valence-electron chi connectivity index (χ0n) is 11.3. The summed E-state index contributed by atoms with van der Waals surface area (Å²) >= 11 is 0. The van der Waals surface area contributed by atoms with Crippen LogP contribution in [0.5, 0.6) is 0 Å². The van der Waals surface area contributed by atoms with E-state index in [2.05, 4.69) is 12.1 Å². The molecule has 2 aromatic rings. The Kier molecular flexibility index (Phi) is 3.52. The molecule has 0 atom stereocenters. The van der Waals surface area contributed by atoms with E-state index in [4.69, 9.17) is 9.47 Å². The van der Waals surface area contributed by atoms with E-state index in [9.17, 15) is 4.79 Å². The molecule has 1 aliphatic rings. The fourth-order valence-corrected chi connectivity index (χ4v) is 2.64. The maximum absolute atomic E-state index is 11.5. The van der Waals surface area contributed by atoms with Gasteiger partial charge in [0.1, 0.15) is 12.7 Å². The van der Waals surface area contributed by atoms with Gasteiger partial charge in [0.15, 0.2) is 0 Å². The molecule has 0 spiro atoms. The molecule has 0 fully saturated rings. The van der Waals surface area contributed by atoms with Gasteiger partial charge in [0.25, 0.3) is 0 Å². The second-order valence-electron chi connectivity index (χ2n) is 4.67. The van der Waals surface area contributed by atoms with Crippen molar-refractivity contribution in [2.45, 2.75) is 13.0 Å². The summed E-state index contributed by atoms with van der Waals surface area (Å²) in [5.74, 6) is -0.325. The first kappa shape index (κ1) is 12.9. The molecule has 0 saturated heterocycles. The van der Waals surface area contributed by atoms with Crippen LogP contribution in [-0.4, -0.2) is 19.2 Å². The third kappa shape index (κ3) is 2.21. The van der Waals surface area contributed by atoms with E-state index in [1.807, 2.05) is 36.4 Å². The van der Waals surface area contributed by atoms with Crippen molar-refractivity contribution in [3.05, 3.63) is 59.7 Å². The molecule has 3 rings (SSSR count). The van der Waals surface area contributed by atoms with Crippen LogP contribution in [0.3, 0.4) is 0 Å². The number of benzene rings is 2. The Bertz CT molecular complexity index is 588. The molecule has 0 amide bonds. The second kappa shape index (κ2) is 5.47. The zero-order valence-corrected chi connectivity index (χ0v) is 11.3. The van der Waals surface area contributed by atoms with Gasteiger partial charge in [0.05, 0.1) is 6.61 Å². The minimum atomic E-state index is -0.325. The number of hydrogen-bond acceptors (Lipinski definition) is 3. The average molecular weight is 268 g/mol. The van der Waals surface area contributed by atoms with Crippen LogP contribution in [0.15, 0.2) is 48.5 Å². The fourth-order valence-electron chi connectivity index (χ4n) is 2.64. The van der Waals surface area contributed by atoms with Crippen molar-refractivity contribution in [1.82, 2.24) is 0 Å². The monoisotopic (exact) mass is 268 g/mol. The summed E-state index contributed by atoms with van der Waals surface area (Å²) in [6.07, 6.45) is -0.188. The van der Waals surface area contributed by atoms with Gasteiger partial charge in [-0.2, -0.15) is 0 Å². The largest absolute Gasteiger partial charge is 0.464 e. The van der Waals surface area contributed by atoms with Crippen molar-refractivity contribution >= 4 is 5.97 Å². The fraction of sp³-hybridized carbons (Fsp3) is 0.235. The second-order valence-corrected chi connectivity index (χ2v) is 4.67. The SMILES string of the molecule is CCOC(=O)COC1c2ccccc2-c2ccccc21. The Morgan fingerprint density at radius 3 is 2.10 bits per heavy atom. The zero-order chi connectivity index (χ0) is 13.9. The molecule has 0 aliphatic heterocycles. The minimum absolute atomic E-state index is 0.0266. The Hall–Kier alpha value is -2.13. The van der Waals surface area contributed by atoms with Gasteiger partial charge in [-0.1, -0.05) is 48.5 Å². The van der Waals surface area contributed by atoms with Crippen molar-refractivity contribution < 1.29 is 14.3 Å². The Balaban J connectivity index is 1.89. The van der Waals surface area contributed by atoms with Gasteiger partial charge in [0.2, 0.25) is 0 Å². The molecule has 3 heteroatoms. The molecule has 0 radical (unpaired) electrons. The van der Waals surface area contributed by atoms with E-state index in [0.29, 0.717) is 6.61 Å². The van der Waals surface area contributed by atoms with Gasteiger partial charge in [-0.25, -0.2) is 4.79 Å². The van der Waals surface area contributed by atoms with E-state index < -0.39 is 0 Å². The van der Waals surface area contributed by atoms with Gasteiger partial charge in [-0.05, 0) is 29.2 Å². The Morgan fingerprint density at radius 2 is 1.55 bits per heavy atom. The number of ether oxygens (including phenoxy) is 2. The van der Waals surface area contributed by atoms with Crippen molar-refractivity contribution in [3.8, 4) is 11.1 Å². The number of fused-ring (bicyclic) bond motifs is 3. The molecule has 0 heterocycles. The molecule has 0 unspecified atom stereocenters. The summed E-state index contributed by atoms with van der Waals surface area (Å²) in [7, 11) is 0. The predicted molar refractivity (Wildman–Crippen MR) is 76.3 cm³/mol. The molecule has 0 saturated carbocycles. The molecule has 2 aromatic carbocycles. The van der Waals surface area contributed by atoms with Crippen LogP contribution in [0.1, 0.15) is 24.2 Å². The normalized spacial score (nSPS) is 12.8. The van der Waals surface area contributed by atoms with Crippen LogP contribution in [0, 0.1) is 0 Å². The van der Waals surface area contributed by atoms with Gasteiger partial charge in [-0.3, -0.25) is 0 Å². The number of esters is 1. The highest BCUT2D eigenvalue weighted by Crippen LogP contribution is 2.44. The Morgan fingerprint density at radius 1 is 1.00 bits per heavy atom. The van der Waals surface area contributed by atoms with E-state index in [1.54, 1.807) is 6.92 Å². The van der Waals surface area contributed by atoms with Crippen LogP contribution in [0.4, 0.5) is 0 Å². The molecule has 20 heavy (non-hydrogen) atoms. The van der Waals surface area contributed by atoms with Crippen LogP contribution in [0.25, 0.3) is 11.1 Å². The molecule has 102 valence electrons. The topological polar surface area (TPSA) is 35.5 Å². The van der Waals surface area contributed by atoms with E-state index in [1.165, 1.54) is 11.1 Å². The maximum atomic E-state index is 11.5. The molecular formula is C17H16O3. The van der Waals surface area contributed by atoms with Gasteiger partial charge in [-0.15, -0.1) is 0 Å². The van der Waals surface area contributed by atoms with Crippen LogP contribution < -0.4 is 0 Å². The number of carbonyl (C=O) groups excluding carboxylic acids is 1. The van der Waals surface area contributed by atoms with Crippen molar-refractivity contribution in [1.29, 1.82) is 0 Å². The van der Waals surface area contributed by atoms with Crippen LogP contribution in [0.2, 0.25) is 0 Å². The van der Waals surface area contributed by atoms with E-state index in [-0.39, 0.29) is 18.7 Å². The Labute approximate surface area is 118 Å². The highest BCUT2D eigenvalue weighted by molar-refractivity contribution is 5.78. The molecule has 1 aliphatic carbocycles. The first-order chi connectivity index (χ1) is 9.81. The molecule has 0 bridgehead atoms. The first-order valence-electron chi connectivity index (χ1n) is 6.76. The molecular weight excluding hydrogens is 252 g/mol. The van der Waals surface area contributed by atoms with Crippen LogP contribution >= 0.6 is 0 Å². The van der Waals surface area contributed by atoms with Crippen molar-refractivity contribution in [2.24, 2.45) is 0 Å². The van der Waals surface area contributed by atoms with E-state index >= 15 is 0 Å². The summed E-state index contributed by atoms with van der Waals surface area (Å²) in [5.41, 5.74) is 4.57. The molecule has 3 nitrogen and oxygen atoms in total. The standard InChI is InChI=1S/C17H16O3/c1-2-19-16(18)11-20-17-14-9-5-3-7-12(14)13-8-4-6-10-15(13)17/h3-10,17H,2,11H2,1H3. The molecule has 0 aromatic heterocycles. The van der Waals surface area contributed by atoms with E-state index in [0.717, 1.165) is 11.1 Å². The van der Waals surface area contributed by atoms with Crippen LogP contribution in [-0.2, 0) is 14.3 Å². The smallest absolute Gasteiger partial charge is 0.332 e. The first-order valence-corrected chi connectivity index (χ1v) is 6.76. The van der Waals surface area contributed by atoms with Crippen molar-refractivity contribution in [3.63, 3.8) is 0 Å². The number of rotatable bonds is 4. The highest BCUT2D eigenvalue weighted by Gasteiger charge is 2.29. The summed E-state index contributed by atoms with van der Waals surface area (Å²) in [5, 5.41) is 0. The molecule has 0 N–H and O–H groups in total. The van der Waals surface area contributed by atoms with Crippen molar-refractivity contribution in [2.75, 3.05) is 13.2 Å². The highest BCUT2D eigenvalue weighted by atomic mass is 16.6. The number of carbonyl (C=O) groups is 1. The lowest BCUT2D eigenvalue weighted by molar-refractivity contribution is -0.149. The number of hydrogen-bond donors (Lipinski definition) is 0. The summed E-state index contributed by atoms with van der Waals surface area (Å²) < 4.78 is 10.7. The quantitative estimate of drug-likeness (QED) is 0.798. The average Bonchev–Trinajstić information content (AvgIpc) is 2.80. The maximum Gasteiger partial charge on any atom is 0.332 e. The summed E-state index contributed by atoms with van der Waals surface area (Å²) in [4.78, 5) is 11.5. The lowest BCUT2D eigenvalue weighted by Crippen LogP contribution is -2.15. The minimum Gasteiger partial charge on any atom is -0.464 e. The summed E-state index contributed by atoms with van der Waals surface area (Å²) in [6, 6.07) is 16.3. The third-order valence-electron chi connectivity index (χ3n) is 3.45. The van der Waals surface area contributed by atoms with Gasteiger partial charge < -0.3 is 9.47 Å². The summed E-state index contributed by atoms with van der Waals surface area (Å²) in [6.45, 7) is 2.14. The predicted octanol–water partition coefficient (Wildman–Crippen LogP) is 3.34. The third-order valence-corrected chi connectivity index (χ3v) is 3.45. The van der Waals surface area contributed by atoms with Gasteiger partial charge >= 0.3 is 5.97 Å². The lowest BCUT2D eigenvalue weighted by Gasteiger charge is -2.14. The lowest BCUT2D eigenvalue weighted by atomic mass is 10.1. The van der Waals surface area contributed by atoms with Gasteiger partial charge in [0, 0.05) is 0 Å².